The number of urea groups is 1. The van der Waals surface area contributed by atoms with E-state index >= 15 is 0 Å². The minimum Gasteiger partial charge on any atom is -0.396 e. The molecule has 134 valence electrons. The van der Waals surface area contributed by atoms with Crippen LogP contribution in [-0.2, 0) is 13.0 Å². The molecule has 1 heterocycles. The number of nitrogens with zero attached hydrogens (tertiary/aromatic N) is 1. The van der Waals surface area contributed by atoms with Crippen LogP contribution in [0.1, 0.15) is 11.3 Å². The Morgan fingerprint density at radius 3 is 2.58 bits per heavy atom. The van der Waals surface area contributed by atoms with Crippen molar-refractivity contribution in [2.24, 2.45) is 5.92 Å². The molecule has 0 aliphatic carbocycles. The Kier molecular flexibility index (Phi) is 6.17. The van der Waals surface area contributed by atoms with Crippen LogP contribution in [0.5, 0.6) is 0 Å². The number of amides is 2. The summed E-state index contributed by atoms with van der Waals surface area (Å²) in [6, 6.07) is 19.7. The van der Waals surface area contributed by atoms with Crippen LogP contribution in [0.3, 0.4) is 0 Å². The molecule has 0 aliphatic heterocycles. The van der Waals surface area contributed by atoms with Gasteiger partial charge in [0.05, 0.1) is 0 Å². The molecular formula is C21H23N3O2. The van der Waals surface area contributed by atoms with Gasteiger partial charge in [0.2, 0.25) is 0 Å². The van der Waals surface area contributed by atoms with Crippen molar-refractivity contribution in [3.8, 4) is 0 Å². The van der Waals surface area contributed by atoms with E-state index in [2.05, 4.69) is 39.9 Å². The average molecular weight is 349 g/mol. The maximum absolute atomic E-state index is 12.0. The van der Waals surface area contributed by atoms with Crippen LogP contribution in [0.25, 0.3) is 10.8 Å². The van der Waals surface area contributed by atoms with Gasteiger partial charge in [-0.05, 0) is 41.0 Å². The molecule has 2 aromatic carbocycles. The predicted octanol–water partition coefficient (Wildman–Crippen LogP) is 2.89. The van der Waals surface area contributed by atoms with E-state index in [0.717, 1.165) is 16.6 Å². The molecule has 3 aromatic rings. The van der Waals surface area contributed by atoms with Crippen molar-refractivity contribution >= 4 is 16.8 Å². The second kappa shape index (κ2) is 8.97. The summed E-state index contributed by atoms with van der Waals surface area (Å²) in [6.45, 7) is 0.860. The van der Waals surface area contributed by atoms with Crippen LogP contribution < -0.4 is 10.6 Å². The molecule has 0 radical (unpaired) electrons. The predicted molar refractivity (Wildman–Crippen MR) is 103 cm³/mol. The smallest absolute Gasteiger partial charge is 0.315 e. The van der Waals surface area contributed by atoms with E-state index in [9.17, 15) is 9.90 Å². The van der Waals surface area contributed by atoms with Gasteiger partial charge in [0, 0.05) is 37.5 Å². The molecule has 0 aliphatic rings. The molecule has 5 heteroatoms. The minimum atomic E-state index is -0.238. The molecule has 3 rings (SSSR count). The first-order chi connectivity index (χ1) is 12.7. The molecule has 1 unspecified atom stereocenters. The lowest BCUT2D eigenvalue weighted by Gasteiger charge is -2.15. The number of rotatable bonds is 7. The van der Waals surface area contributed by atoms with Gasteiger partial charge >= 0.3 is 6.03 Å². The SMILES string of the molecule is O=C(NCc1ccc2ccccc2c1)NCC(CO)Cc1ccccn1. The third kappa shape index (κ3) is 5.04. The maximum Gasteiger partial charge on any atom is 0.315 e. The molecule has 1 aromatic heterocycles. The zero-order valence-electron chi connectivity index (χ0n) is 14.6. The number of carbonyl (C=O) groups is 1. The lowest BCUT2D eigenvalue weighted by molar-refractivity contribution is 0.213. The molecule has 0 bridgehead atoms. The van der Waals surface area contributed by atoms with Crippen molar-refractivity contribution < 1.29 is 9.90 Å². The van der Waals surface area contributed by atoms with Gasteiger partial charge in [0.15, 0.2) is 0 Å². The van der Waals surface area contributed by atoms with E-state index in [-0.39, 0.29) is 18.6 Å². The normalized spacial score (nSPS) is 11.9. The lowest BCUT2D eigenvalue weighted by atomic mass is 10.0. The first kappa shape index (κ1) is 17.9. The molecule has 3 N–H and O–H groups in total. The van der Waals surface area contributed by atoms with Crippen molar-refractivity contribution in [3.05, 3.63) is 78.1 Å². The van der Waals surface area contributed by atoms with Gasteiger partial charge in [-0.25, -0.2) is 4.79 Å². The lowest BCUT2D eigenvalue weighted by Crippen LogP contribution is -2.39. The average Bonchev–Trinajstić information content (AvgIpc) is 2.70. The zero-order valence-corrected chi connectivity index (χ0v) is 14.6. The van der Waals surface area contributed by atoms with E-state index in [4.69, 9.17) is 0 Å². The molecular weight excluding hydrogens is 326 g/mol. The summed E-state index contributed by atoms with van der Waals surface area (Å²) in [5, 5.41) is 17.5. The summed E-state index contributed by atoms with van der Waals surface area (Å²) in [6.07, 6.45) is 2.36. The number of fused-ring (bicyclic) bond motifs is 1. The number of pyridine rings is 1. The second-order valence-electron chi connectivity index (χ2n) is 6.32. The summed E-state index contributed by atoms with van der Waals surface area (Å²) in [7, 11) is 0. The summed E-state index contributed by atoms with van der Waals surface area (Å²) < 4.78 is 0. The molecule has 0 saturated carbocycles. The van der Waals surface area contributed by atoms with Crippen molar-refractivity contribution in [2.45, 2.75) is 13.0 Å². The van der Waals surface area contributed by atoms with Crippen LogP contribution in [0.15, 0.2) is 66.9 Å². The van der Waals surface area contributed by atoms with Crippen molar-refractivity contribution in [1.29, 1.82) is 0 Å². The quantitative estimate of drug-likeness (QED) is 0.614. The Morgan fingerprint density at radius 2 is 1.81 bits per heavy atom. The van der Waals surface area contributed by atoms with Crippen LogP contribution in [0.4, 0.5) is 4.79 Å². The third-order valence-electron chi connectivity index (χ3n) is 4.30. The number of aromatic nitrogens is 1. The Balaban J connectivity index is 1.46. The van der Waals surface area contributed by atoms with Gasteiger partial charge in [-0.3, -0.25) is 4.98 Å². The molecule has 0 saturated heterocycles. The Bertz CT molecular complexity index is 852. The van der Waals surface area contributed by atoms with Gasteiger partial charge in [0.25, 0.3) is 0 Å². The van der Waals surface area contributed by atoms with E-state index in [1.807, 2.05) is 36.4 Å². The zero-order chi connectivity index (χ0) is 18.2. The number of hydrogen-bond donors (Lipinski definition) is 3. The molecule has 0 spiro atoms. The number of benzene rings is 2. The molecule has 2 amide bonds. The van der Waals surface area contributed by atoms with Gasteiger partial charge in [-0.2, -0.15) is 0 Å². The first-order valence-corrected chi connectivity index (χ1v) is 8.75. The molecule has 1 atom stereocenters. The van der Waals surface area contributed by atoms with Gasteiger partial charge < -0.3 is 15.7 Å². The number of nitrogens with one attached hydrogen (secondary N) is 2. The Hall–Kier alpha value is -2.92. The van der Waals surface area contributed by atoms with Gasteiger partial charge in [0.1, 0.15) is 0 Å². The standard InChI is InChI=1S/C21H23N3O2/c25-15-17(12-20-7-3-4-10-22-20)14-24-21(26)23-13-16-8-9-18-5-1-2-6-19(18)11-16/h1-11,17,25H,12-15H2,(H2,23,24,26). The Morgan fingerprint density at radius 1 is 1.00 bits per heavy atom. The monoisotopic (exact) mass is 349 g/mol. The fourth-order valence-electron chi connectivity index (χ4n) is 2.85. The van der Waals surface area contributed by atoms with Gasteiger partial charge in [-0.1, -0.05) is 42.5 Å². The molecule has 26 heavy (non-hydrogen) atoms. The fourth-order valence-corrected chi connectivity index (χ4v) is 2.85. The molecule has 0 fully saturated rings. The second-order valence-corrected chi connectivity index (χ2v) is 6.32. The third-order valence-corrected chi connectivity index (χ3v) is 4.30. The number of aliphatic hydroxyl groups is 1. The highest BCUT2D eigenvalue weighted by Gasteiger charge is 2.11. The van der Waals surface area contributed by atoms with E-state index < -0.39 is 0 Å². The largest absolute Gasteiger partial charge is 0.396 e. The van der Waals surface area contributed by atoms with Gasteiger partial charge in [-0.15, -0.1) is 0 Å². The van der Waals surface area contributed by atoms with E-state index in [1.165, 1.54) is 5.39 Å². The number of hydrogen-bond acceptors (Lipinski definition) is 3. The van der Waals surface area contributed by atoms with Crippen molar-refractivity contribution in [2.75, 3.05) is 13.2 Å². The molecule has 5 nitrogen and oxygen atoms in total. The van der Waals surface area contributed by atoms with Crippen LogP contribution >= 0.6 is 0 Å². The highest BCUT2D eigenvalue weighted by molar-refractivity contribution is 5.83. The summed E-state index contributed by atoms with van der Waals surface area (Å²) in [4.78, 5) is 16.3. The topological polar surface area (TPSA) is 74.2 Å². The van der Waals surface area contributed by atoms with Crippen LogP contribution in [0, 0.1) is 5.92 Å². The summed E-state index contributed by atoms with van der Waals surface area (Å²) in [5.74, 6) is -0.0590. The highest BCUT2D eigenvalue weighted by atomic mass is 16.3. The van der Waals surface area contributed by atoms with Crippen molar-refractivity contribution in [1.82, 2.24) is 15.6 Å². The van der Waals surface area contributed by atoms with Crippen molar-refractivity contribution in [3.63, 3.8) is 0 Å². The summed E-state index contributed by atoms with van der Waals surface area (Å²) >= 11 is 0. The first-order valence-electron chi connectivity index (χ1n) is 8.75. The fraction of sp³-hybridized carbons (Fsp3) is 0.238. The minimum absolute atomic E-state index is 0.00152. The number of carbonyl (C=O) groups excluding carboxylic acids is 1. The van der Waals surface area contributed by atoms with E-state index in [1.54, 1.807) is 6.20 Å². The van der Waals surface area contributed by atoms with Crippen LogP contribution in [0.2, 0.25) is 0 Å². The Labute approximate surface area is 153 Å². The van der Waals surface area contributed by atoms with Crippen LogP contribution in [-0.4, -0.2) is 29.3 Å². The summed E-state index contributed by atoms with van der Waals surface area (Å²) in [5.41, 5.74) is 1.95. The highest BCUT2D eigenvalue weighted by Crippen LogP contribution is 2.15. The van der Waals surface area contributed by atoms with E-state index in [0.29, 0.717) is 19.5 Å². The maximum atomic E-state index is 12.0. The number of aliphatic hydroxyl groups excluding tert-OH is 1.